The zero-order valence-corrected chi connectivity index (χ0v) is 13.4. The second-order valence-electron chi connectivity index (χ2n) is 6.75. The SMILES string of the molecule is CCC1CCCC(NC(C)C(=O)N2CCCCC2)CC1. The number of likely N-dealkylation sites (tertiary alicyclic amines) is 1. The highest BCUT2D eigenvalue weighted by molar-refractivity contribution is 5.81. The Hall–Kier alpha value is -0.570. The first-order chi connectivity index (χ1) is 9.70. The summed E-state index contributed by atoms with van der Waals surface area (Å²) < 4.78 is 0. The lowest BCUT2D eigenvalue weighted by Crippen LogP contribution is -2.49. The highest BCUT2D eigenvalue weighted by Crippen LogP contribution is 2.25. The minimum Gasteiger partial charge on any atom is -0.341 e. The molecule has 2 fully saturated rings. The Kier molecular flexibility index (Phi) is 6.34. The molecule has 0 radical (unpaired) electrons. The maximum Gasteiger partial charge on any atom is 0.239 e. The van der Waals surface area contributed by atoms with Gasteiger partial charge < -0.3 is 10.2 Å². The summed E-state index contributed by atoms with van der Waals surface area (Å²) >= 11 is 0. The van der Waals surface area contributed by atoms with E-state index in [2.05, 4.69) is 24.1 Å². The Labute approximate surface area is 124 Å². The van der Waals surface area contributed by atoms with E-state index in [0.29, 0.717) is 11.9 Å². The van der Waals surface area contributed by atoms with Crippen LogP contribution in [0.4, 0.5) is 0 Å². The smallest absolute Gasteiger partial charge is 0.239 e. The first-order valence-electron chi connectivity index (χ1n) is 8.75. The van der Waals surface area contributed by atoms with Gasteiger partial charge in [-0.1, -0.05) is 26.2 Å². The molecule has 3 unspecified atom stereocenters. The number of hydrogen-bond donors (Lipinski definition) is 1. The zero-order chi connectivity index (χ0) is 14.4. The normalized spacial score (nSPS) is 29.8. The van der Waals surface area contributed by atoms with Gasteiger partial charge in [0.05, 0.1) is 6.04 Å². The molecule has 0 spiro atoms. The predicted molar refractivity (Wildman–Crippen MR) is 83.7 cm³/mol. The van der Waals surface area contributed by atoms with Gasteiger partial charge >= 0.3 is 0 Å². The summed E-state index contributed by atoms with van der Waals surface area (Å²) in [5.74, 6) is 1.23. The van der Waals surface area contributed by atoms with Gasteiger partial charge in [-0.2, -0.15) is 0 Å². The molecule has 3 atom stereocenters. The van der Waals surface area contributed by atoms with E-state index in [1.54, 1.807) is 0 Å². The molecule has 3 heteroatoms. The number of nitrogens with zero attached hydrogens (tertiary/aromatic N) is 1. The van der Waals surface area contributed by atoms with E-state index >= 15 is 0 Å². The van der Waals surface area contributed by atoms with Gasteiger partial charge in [-0.15, -0.1) is 0 Å². The molecule has 1 heterocycles. The van der Waals surface area contributed by atoms with Crippen molar-refractivity contribution in [2.75, 3.05) is 13.1 Å². The van der Waals surface area contributed by atoms with Crippen molar-refractivity contribution in [3.8, 4) is 0 Å². The molecule has 1 aliphatic heterocycles. The number of amides is 1. The molecule has 1 amide bonds. The zero-order valence-electron chi connectivity index (χ0n) is 13.4. The van der Waals surface area contributed by atoms with Crippen LogP contribution in [0.15, 0.2) is 0 Å². The second-order valence-corrected chi connectivity index (χ2v) is 6.75. The average Bonchev–Trinajstić information content (AvgIpc) is 2.72. The van der Waals surface area contributed by atoms with Crippen molar-refractivity contribution < 1.29 is 4.79 Å². The lowest BCUT2D eigenvalue weighted by molar-refractivity contribution is -0.134. The molecular formula is C17H32N2O. The number of rotatable bonds is 4. The predicted octanol–water partition coefficient (Wildman–Crippen LogP) is 3.34. The van der Waals surface area contributed by atoms with E-state index in [4.69, 9.17) is 0 Å². The Morgan fingerprint density at radius 1 is 1.10 bits per heavy atom. The van der Waals surface area contributed by atoms with Crippen LogP contribution in [0, 0.1) is 5.92 Å². The molecule has 20 heavy (non-hydrogen) atoms. The van der Waals surface area contributed by atoms with Crippen LogP contribution in [0.3, 0.4) is 0 Å². The van der Waals surface area contributed by atoms with Crippen LogP contribution in [-0.2, 0) is 4.79 Å². The Morgan fingerprint density at radius 3 is 2.55 bits per heavy atom. The van der Waals surface area contributed by atoms with E-state index in [1.165, 1.54) is 57.8 Å². The van der Waals surface area contributed by atoms with E-state index in [-0.39, 0.29) is 6.04 Å². The molecular weight excluding hydrogens is 248 g/mol. The molecule has 1 saturated carbocycles. The van der Waals surface area contributed by atoms with Gasteiger partial charge in [-0.3, -0.25) is 4.79 Å². The first-order valence-corrected chi connectivity index (χ1v) is 8.75. The van der Waals surface area contributed by atoms with Crippen molar-refractivity contribution in [3.63, 3.8) is 0 Å². The fourth-order valence-electron chi connectivity index (χ4n) is 3.77. The maximum absolute atomic E-state index is 12.4. The van der Waals surface area contributed by atoms with Crippen LogP contribution in [0.2, 0.25) is 0 Å². The van der Waals surface area contributed by atoms with E-state index < -0.39 is 0 Å². The Bertz CT molecular complexity index is 299. The minimum absolute atomic E-state index is 0.00345. The standard InChI is InChI=1S/C17H32N2O/c1-3-15-8-7-9-16(11-10-15)18-14(2)17(20)19-12-5-4-6-13-19/h14-16,18H,3-13H2,1-2H3. The quantitative estimate of drug-likeness (QED) is 0.801. The van der Waals surface area contributed by atoms with Gasteiger partial charge in [-0.05, 0) is 51.4 Å². The molecule has 2 aliphatic rings. The topological polar surface area (TPSA) is 32.3 Å². The molecule has 1 N–H and O–H groups in total. The van der Waals surface area contributed by atoms with Gasteiger partial charge in [0.15, 0.2) is 0 Å². The van der Waals surface area contributed by atoms with Gasteiger partial charge in [0, 0.05) is 19.1 Å². The molecule has 0 aromatic carbocycles. The Morgan fingerprint density at radius 2 is 1.85 bits per heavy atom. The lowest BCUT2D eigenvalue weighted by atomic mass is 9.97. The minimum atomic E-state index is -0.00345. The number of hydrogen-bond acceptors (Lipinski definition) is 2. The highest BCUT2D eigenvalue weighted by atomic mass is 16.2. The number of carbonyl (C=O) groups is 1. The number of nitrogens with one attached hydrogen (secondary N) is 1. The van der Waals surface area contributed by atoms with Crippen LogP contribution in [-0.4, -0.2) is 36.0 Å². The van der Waals surface area contributed by atoms with E-state index in [9.17, 15) is 4.79 Å². The highest BCUT2D eigenvalue weighted by Gasteiger charge is 2.25. The summed E-state index contributed by atoms with van der Waals surface area (Å²) in [5.41, 5.74) is 0. The van der Waals surface area contributed by atoms with Crippen molar-refractivity contribution in [1.29, 1.82) is 0 Å². The van der Waals surface area contributed by atoms with Crippen molar-refractivity contribution >= 4 is 5.91 Å². The van der Waals surface area contributed by atoms with Crippen molar-refractivity contribution in [3.05, 3.63) is 0 Å². The fourth-order valence-corrected chi connectivity index (χ4v) is 3.77. The van der Waals surface area contributed by atoms with Gasteiger partial charge in [0.1, 0.15) is 0 Å². The molecule has 2 rings (SSSR count). The third kappa shape index (κ3) is 4.47. The third-order valence-electron chi connectivity index (χ3n) is 5.19. The van der Waals surface area contributed by atoms with Crippen LogP contribution >= 0.6 is 0 Å². The fraction of sp³-hybridized carbons (Fsp3) is 0.941. The summed E-state index contributed by atoms with van der Waals surface area (Å²) in [6.07, 6.45) is 11.5. The molecule has 0 aromatic heterocycles. The van der Waals surface area contributed by atoms with Crippen LogP contribution in [0.5, 0.6) is 0 Å². The summed E-state index contributed by atoms with van der Waals surface area (Å²) in [4.78, 5) is 14.5. The van der Waals surface area contributed by atoms with Gasteiger partial charge in [-0.25, -0.2) is 0 Å². The van der Waals surface area contributed by atoms with Crippen molar-refractivity contribution in [1.82, 2.24) is 10.2 Å². The van der Waals surface area contributed by atoms with E-state index in [1.807, 2.05) is 0 Å². The summed E-state index contributed by atoms with van der Waals surface area (Å²) in [6.45, 7) is 6.29. The van der Waals surface area contributed by atoms with Gasteiger partial charge in [0.2, 0.25) is 5.91 Å². The van der Waals surface area contributed by atoms with E-state index in [0.717, 1.165) is 19.0 Å². The number of piperidine rings is 1. The van der Waals surface area contributed by atoms with Crippen LogP contribution in [0.25, 0.3) is 0 Å². The largest absolute Gasteiger partial charge is 0.341 e. The molecule has 0 bridgehead atoms. The molecule has 0 aromatic rings. The lowest BCUT2D eigenvalue weighted by Gasteiger charge is -2.31. The average molecular weight is 280 g/mol. The Balaban J connectivity index is 1.78. The third-order valence-corrected chi connectivity index (χ3v) is 5.19. The monoisotopic (exact) mass is 280 g/mol. The summed E-state index contributed by atoms with van der Waals surface area (Å²) in [5, 5.41) is 3.61. The van der Waals surface area contributed by atoms with Gasteiger partial charge in [0.25, 0.3) is 0 Å². The molecule has 1 saturated heterocycles. The molecule has 1 aliphatic carbocycles. The summed E-state index contributed by atoms with van der Waals surface area (Å²) in [6, 6.07) is 0.548. The maximum atomic E-state index is 12.4. The molecule has 3 nitrogen and oxygen atoms in total. The summed E-state index contributed by atoms with van der Waals surface area (Å²) in [7, 11) is 0. The second kappa shape index (κ2) is 8.02. The van der Waals surface area contributed by atoms with Crippen molar-refractivity contribution in [2.45, 2.75) is 83.7 Å². The van der Waals surface area contributed by atoms with Crippen molar-refractivity contribution in [2.24, 2.45) is 5.92 Å². The molecule has 116 valence electrons. The number of carbonyl (C=O) groups excluding carboxylic acids is 1. The van der Waals surface area contributed by atoms with Crippen LogP contribution in [0.1, 0.15) is 71.6 Å². The first kappa shape index (κ1) is 15.8. The van der Waals surface area contributed by atoms with Crippen LogP contribution < -0.4 is 5.32 Å².